The topological polar surface area (TPSA) is 38.0 Å². The van der Waals surface area contributed by atoms with Gasteiger partial charge < -0.3 is 11.1 Å². The molecule has 0 aromatic rings. The van der Waals surface area contributed by atoms with E-state index < -0.39 is 0 Å². The zero-order chi connectivity index (χ0) is 12.3. The van der Waals surface area contributed by atoms with Gasteiger partial charge in [0.1, 0.15) is 0 Å². The SMILES string of the molecule is CCC1=CC[C@H](CNC/C=C/C=C\CN)C=C1. The molecule has 1 atom stereocenters. The fourth-order valence-electron chi connectivity index (χ4n) is 1.78. The Morgan fingerprint density at radius 3 is 2.88 bits per heavy atom. The summed E-state index contributed by atoms with van der Waals surface area (Å²) in [6.07, 6.45) is 17.3. The third-order valence-electron chi connectivity index (χ3n) is 2.86. The van der Waals surface area contributed by atoms with Crippen molar-refractivity contribution in [1.82, 2.24) is 5.32 Å². The average Bonchev–Trinajstić information content (AvgIpc) is 2.38. The van der Waals surface area contributed by atoms with Crippen LogP contribution in [0.1, 0.15) is 19.8 Å². The van der Waals surface area contributed by atoms with Crippen molar-refractivity contribution >= 4 is 0 Å². The number of nitrogens with one attached hydrogen (secondary N) is 1. The second kappa shape index (κ2) is 8.97. The van der Waals surface area contributed by atoms with Crippen LogP contribution in [-0.2, 0) is 0 Å². The molecule has 1 aliphatic carbocycles. The molecule has 0 radical (unpaired) electrons. The number of hydrogen-bond acceptors (Lipinski definition) is 2. The van der Waals surface area contributed by atoms with Gasteiger partial charge >= 0.3 is 0 Å². The monoisotopic (exact) mass is 232 g/mol. The molecule has 2 heteroatoms. The summed E-state index contributed by atoms with van der Waals surface area (Å²) < 4.78 is 0. The summed E-state index contributed by atoms with van der Waals surface area (Å²) in [4.78, 5) is 0. The highest BCUT2D eigenvalue weighted by Crippen LogP contribution is 2.17. The first-order valence-corrected chi connectivity index (χ1v) is 6.46. The first-order chi connectivity index (χ1) is 8.36. The summed E-state index contributed by atoms with van der Waals surface area (Å²) in [6, 6.07) is 0. The summed E-state index contributed by atoms with van der Waals surface area (Å²) >= 11 is 0. The van der Waals surface area contributed by atoms with Crippen molar-refractivity contribution in [1.29, 1.82) is 0 Å². The smallest absolute Gasteiger partial charge is 0.0138 e. The molecule has 0 saturated carbocycles. The van der Waals surface area contributed by atoms with E-state index in [9.17, 15) is 0 Å². The number of hydrogen-bond donors (Lipinski definition) is 2. The minimum absolute atomic E-state index is 0.608. The maximum absolute atomic E-state index is 5.34. The van der Waals surface area contributed by atoms with Crippen LogP contribution in [0.25, 0.3) is 0 Å². The van der Waals surface area contributed by atoms with Crippen LogP contribution < -0.4 is 11.1 Å². The fraction of sp³-hybridized carbons (Fsp3) is 0.467. The first-order valence-electron chi connectivity index (χ1n) is 6.46. The highest BCUT2D eigenvalue weighted by molar-refractivity contribution is 5.23. The molecule has 0 bridgehead atoms. The Morgan fingerprint density at radius 1 is 1.41 bits per heavy atom. The summed E-state index contributed by atoms with van der Waals surface area (Å²) in [7, 11) is 0. The van der Waals surface area contributed by atoms with Gasteiger partial charge in [-0.2, -0.15) is 0 Å². The van der Waals surface area contributed by atoms with Gasteiger partial charge in [-0.25, -0.2) is 0 Å². The largest absolute Gasteiger partial charge is 0.327 e. The van der Waals surface area contributed by atoms with Gasteiger partial charge in [0.15, 0.2) is 0 Å². The van der Waals surface area contributed by atoms with Crippen LogP contribution >= 0.6 is 0 Å². The van der Waals surface area contributed by atoms with Gasteiger partial charge in [-0.15, -0.1) is 0 Å². The van der Waals surface area contributed by atoms with Gasteiger partial charge in [-0.05, 0) is 18.8 Å². The maximum Gasteiger partial charge on any atom is 0.0138 e. The van der Waals surface area contributed by atoms with Crippen LogP contribution in [0.15, 0.2) is 48.1 Å². The van der Waals surface area contributed by atoms with E-state index in [0.29, 0.717) is 12.5 Å². The molecule has 0 fully saturated rings. The van der Waals surface area contributed by atoms with Crippen molar-refractivity contribution in [3.8, 4) is 0 Å². The van der Waals surface area contributed by atoms with Crippen molar-refractivity contribution in [3.63, 3.8) is 0 Å². The lowest BCUT2D eigenvalue weighted by Crippen LogP contribution is -2.22. The normalized spacial score (nSPS) is 20.4. The fourth-order valence-corrected chi connectivity index (χ4v) is 1.78. The van der Waals surface area contributed by atoms with E-state index in [0.717, 1.165) is 19.5 Å². The van der Waals surface area contributed by atoms with Crippen LogP contribution in [0.5, 0.6) is 0 Å². The van der Waals surface area contributed by atoms with E-state index in [1.54, 1.807) is 0 Å². The van der Waals surface area contributed by atoms with Crippen molar-refractivity contribution in [2.45, 2.75) is 19.8 Å². The average molecular weight is 232 g/mol. The van der Waals surface area contributed by atoms with Crippen LogP contribution in [0.2, 0.25) is 0 Å². The minimum Gasteiger partial charge on any atom is -0.327 e. The number of allylic oxidation sites excluding steroid dienone is 5. The van der Waals surface area contributed by atoms with E-state index in [-0.39, 0.29) is 0 Å². The van der Waals surface area contributed by atoms with Gasteiger partial charge in [-0.3, -0.25) is 0 Å². The van der Waals surface area contributed by atoms with Crippen LogP contribution in [-0.4, -0.2) is 19.6 Å². The third kappa shape index (κ3) is 6.25. The second-order valence-electron chi connectivity index (χ2n) is 4.24. The zero-order valence-corrected chi connectivity index (χ0v) is 10.7. The lowest BCUT2D eigenvalue weighted by Gasteiger charge is -2.15. The third-order valence-corrected chi connectivity index (χ3v) is 2.86. The molecular formula is C15H24N2. The van der Waals surface area contributed by atoms with Crippen molar-refractivity contribution in [3.05, 3.63) is 48.1 Å². The molecule has 0 heterocycles. The second-order valence-corrected chi connectivity index (χ2v) is 4.24. The molecule has 0 saturated heterocycles. The van der Waals surface area contributed by atoms with Crippen LogP contribution in [0.3, 0.4) is 0 Å². The van der Waals surface area contributed by atoms with E-state index in [1.165, 1.54) is 12.0 Å². The molecule has 1 rings (SSSR count). The van der Waals surface area contributed by atoms with E-state index >= 15 is 0 Å². The van der Waals surface area contributed by atoms with Gasteiger partial charge in [0.2, 0.25) is 0 Å². The van der Waals surface area contributed by atoms with Crippen molar-refractivity contribution < 1.29 is 0 Å². The highest BCUT2D eigenvalue weighted by Gasteiger charge is 2.06. The maximum atomic E-state index is 5.34. The molecule has 1 aliphatic rings. The molecule has 0 unspecified atom stereocenters. The van der Waals surface area contributed by atoms with E-state index in [1.807, 2.05) is 18.2 Å². The molecule has 2 nitrogen and oxygen atoms in total. The minimum atomic E-state index is 0.608. The standard InChI is InChI=1S/C15H24N2/c1-2-14-7-9-15(10-8-14)13-17-12-6-4-3-5-11-16/h3-9,15,17H,2,10-13,16H2,1H3/b5-3-,6-4+/t15-/m1/s1. The molecule has 3 N–H and O–H groups in total. The highest BCUT2D eigenvalue weighted by atomic mass is 14.8. The van der Waals surface area contributed by atoms with Gasteiger partial charge in [0.25, 0.3) is 0 Å². The molecule has 94 valence electrons. The molecule has 0 amide bonds. The lowest BCUT2D eigenvalue weighted by molar-refractivity contribution is 0.581. The molecule has 0 aliphatic heterocycles. The molecule has 0 aromatic carbocycles. The summed E-state index contributed by atoms with van der Waals surface area (Å²) in [6.45, 7) is 4.78. The lowest BCUT2D eigenvalue weighted by atomic mass is 9.95. The van der Waals surface area contributed by atoms with Crippen molar-refractivity contribution in [2.75, 3.05) is 19.6 Å². The molecule has 0 spiro atoms. The Morgan fingerprint density at radius 2 is 2.24 bits per heavy atom. The Balaban J connectivity index is 2.09. The summed E-state index contributed by atoms with van der Waals surface area (Å²) in [5.41, 5.74) is 6.81. The molecule has 17 heavy (non-hydrogen) atoms. The predicted octanol–water partition coefficient (Wildman–Crippen LogP) is 2.56. The quantitative estimate of drug-likeness (QED) is 0.523. The Kier molecular flexibility index (Phi) is 7.35. The van der Waals surface area contributed by atoms with Gasteiger partial charge in [-0.1, -0.05) is 55.0 Å². The Labute approximate surface area is 105 Å². The van der Waals surface area contributed by atoms with Gasteiger partial charge in [0.05, 0.1) is 0 Å². The summed E-state index contributed by atoms with van der Waals surface area (Å²) in [5, 5.41) is 3.43. The Bertz CT molecular complexity index is 311. The summed E-state index contributed by atoms with van der Waals surface area (Å²) in [5.74, 6) is 0.651. The number of nitrogens with two attached hydrogens (primary N) is 1. The van der Waals surface area contributed by atoms with Crippen LogP contribution in [0.4, 0.5) is 0 Å². The van der Waals surface area contributed by atoms with E-state index in [2.05, 4.69) is 36.5 Å². The van der Waals surface area contributed by atoms with Crippen LogP contribution in [0, 0.1) is 5.92 Å². The molecular weight excluding hydrogens is 208 g/mol. The zero-order valence-electron chi connectivity index (χ0n) is 10.7. The first kappa shape index (κ1) is 13.9. The van der Waals surface area contributed by atoms with E-state index in [4.69, 9.17) is 5.73 Å². The predicted molar refractivity (Wildman–Crippen MR) is 75.8 cm³/mol. The van der Waals surface area contributed by atoms with Crippen molar-refractivity contribution in [2.24, 2.45) is 11.7 Å². The van der Waals surface area contributed by atoms with Gasteiger partial charge in [0, 0.05) is 19.6 Å². The number of rotatable bonds is 7. The molecule has 0 aromatic heterocycles. The Hall–Kier alpha value is -1.12.